The fraction of sp³-hybridized carbons (Fsp3) is 0.500. The number of halogens is 2. The first-order valence-corrected chi connectivity index (χ1v) is 7.60. The summed E-state index contributed by atoms with van der Waals surface area (Å²) in [5.74, 6) is 1.64. The molecule has 0 spiro atoms. The Morgan fingerprint density at radius 1 is 1.47 bits per heavy atom. The summed E-state index contributed by atoms with van der Waals surface area (Å²) in [5, 5.41) is 10.2. The first-order chi connectivity index (χ1) is 8.00. The number of aliphatic hydroxyl groups excluding tert-OH is 1. The van der Waals surface area contributed by atoms with Crippen LogP contribution in [0.25, 0.3) is 0 Å². The van der Waals surface area contributed by atoms with Crippen LogP contribution in [0.4, 0.5) is 0 Å². The highest BCUT2D eigenvalue weighted by atomic mass is 79.9. The van der Waals surface area contributed by atoms with E-state index in [9.17, 15) is 5.11 Å². The van der Waals surface area contributed by atoms with E-state index in [2.05, 4.69) is 15.9 Å². The Labute approximate surface area is 120 Å². The molecule has 0 amide bonds. The summed E-state index contributed by atoms with van der Waals surface area (Å²) < 4.78 is 6.47. The lowest BCUT2D eigenvalue weighted by atomic mass is 10.3. The number of hydrogen-bond acceptors (Lipinski definition) is 3. The smallest absolute Gasteiger partial charge is 0.133 e. The molecule has 0 aromatic heterocycles. The van der Waals surface area contributed by atoms with Gasteiger partial charge >= 0.3 is 0 Å². The molecule has 0 fully saturated rings. The standard InChI is InChI=1S/C12H16BrClO2S/c1-8(15)9(2)17-6-5-16-12-4-3-10(14)7-11(12)13/h3-4,7-9,15H,5-6H2,1-2H3. The molecule has 0 heterocycles. The van der Waals surface area contributed by atoms with Crippen LogP contribution in [0.1, 0.15) is 13.8 Å². The predicted octanol–water partition coefficient (Wildman–Crippen LogP) is 3.98. The van der Waals surface area contributed by atoms with Crippen LogP contribution in [0.15, 0.2) is 22.7 Å². The molecule has 0 aliphatic heterocycles. The first-order valence-electron chi connectivity index (χ1n) is 5.38. The van der Waals surface area contributed by atoms with E-state index in [0.29, 0.717) is 11.6 Å². The third-order valence-electron chi connectivity index (χ3n) is 2.29. The largest absolute Gasteiger partial charge is 0.492 e. The normalized spacial score (nSPS) is 14.4. The minimum atomic E-state index is -0.290. The van der Waals surface area contributed by atoms with E-state index < -0.39 is 0 Å². The van der Waals surface area contributed by atoms with E-state index >= 15 is 0 Å². The van der Waals surface area contributed by atoms with Gasteiger partial charge in [0.1, 0.15) is 5.75 Å². The van der Waals surface area contributed by atoms with Gasteiger partial charge in [0, 0.05) is 16.0 Å². The van der Waals surface area contributed by atoms with Crippen molar-refractivity contribution in [3.63, 3.8) is 0 Å². The van der Waals surface area contributed by atoms with Gasteiger partial charge < -0.3 is 9.84 Å². The molecule has 0 aliphatic rings. The van der Waals surface area contributed by atoms with Crippen LogP contribution in [-0.4, -0.2) is 28.8 Å². The molecular formula is C12H16BrClO2S. The van der Waals surface area contributed by atoms with E-state index in [1.807, 2.05) is 19.1 Å². The van der Waals surface area contributed by atoms with Crippen LogP contribution in [0.2, 0.25) is 5.02 Å². The monoisotopic (exact) mass is 338 g/mol. The lowest BCUT2D eigenvalue weighted by Gasteiger charge is -2.14. The Morgan fingerprint density at radius 2 is 2.18 bits per heavy atom. The predicted molar refractivity (Wildman–Crippen MR) is 78.2 cm³/mol. The van der Waals surface area contributed by atoms with Crippen LogP contribution in [-0.2, 0) is 0 Å². The van der Waals surface area contributed by atoms with Crippen LogP contribution in [0.3, 0.4) is 0 Å². The summed E-state index contributed by atoms with van der Waals surface area (Å²) in [5.41, 5.74) is 0. The van der Waals surface area contributed by atoms with E-state index in [1.54, 1.807) is 24.8 Å². The van der Waals surface area contributed by atoms with Crippen LogP contribution in [0, 0.1) is 0 Å². The number of benzene rings is 1. The zero-order valence-corrected chi connectivity index (χ0v) is 13.0. The summed E-state index contributed by atoms with van der Waals surface area (Å²) >= 11 is 10.9. The molecule has 0 aliphatic carbocycles. The van der Waals surface area contributed by atoms with Gasteiger partial charge in [0.05, 0.1) is 17.2 Å². The molecule has 0 radical (unpaired) electrons. The first kappa shape index (κ1) is 15.2. The molecule has 5 heteroatoms. The maximum absolute atomic E-state index is 9.33. The quantitative estimate of drug-likeness (QED) is 0.795. The summed E-state index contributed by atoms with van der Waals surface area (Å²) in [4.78, 5) is 0. The minimum absolute atomic E-state index is 0.229. The van der Waals surface area contributed by atoms with Crippen molar-refractivity contribution in [1.29, 1.82) is 0 Å². The van der Waals surface area contributed by atoms with Gasteiger partial charge in [-0.15, -0.1) is 0 Å². The second kappa shape index (κ2) is 7.52. The Bertz CT molecular complexity index is 360. The SMILES string of the molecule is CC(O)C(C)SCCOc1ccc(Cl)cc1Br. The maximum Gasteiger partial charge on any atom is 0.133 e. The van der Waals surface area contributed by atoms with Crippen LogP contribution < -0.4 is 4.74 Å². The number of aliphatic hydroxyl groups is 1. The molecule has 2 unspecified atom stereocenters. The van der Waals surface area contributed by atoms with Crippen molar-refractivity contribution in [1.82, 2.24) is 0 Å². The topological polar surface area (TPSA) is 29.5 Å². The van der Waals surface area contributed by atoms with Crippen molar-refractivity contribution in [3.05, 3.63) is 27.7 Å². The molecule has 96 valence electrons. The number of ether oxygens (including phenoxy) is 1. The molecule has 1 N–H and O–H groups in total. The van der Waals surface area contributed by atoms with Crippen LogP contribution >= 0.6 is 39.3 Å². The molecule has 2 atom stereocenters. The Kier molecular flexibility index (Phi) is 6.70. The Hall–Kier alpha value is 0.1000. The van der Waals surface area contributed by atoms with Gasteiger partial charge in [0.2, 0.25) is 0 Å². The van der Waals surface area contributed by atoms with Gasteiger partial charge in [0.15, 0.2) is 0 Å². The maximum atomic E-state index is 9.33. The lowest BCUT2D eigenvalue weighted by molar-refractivity contribution is 0.196. The Balaban J connectivity index is 2.31. The minimum Gasteiger partial charge on any atom is -0.492 e. The van der Waals surface area contributed by atoms with Gasteiger partial charge in [-0.1, -0.05) is 18.5 Å². The molecule has 17 heavy (non-hydrogen) atoms. The second-order valence-corrected chi connectivity index (χ2v) is 6.52. The third-order valence-corrected chi connectivity index (χ3v) is 4.47. The highest BCUT2D eigenvalue weighted by Gasteiger charge is 2.08. The summed E-state index contributed by atoms with van der Waals surface area (Å²) in [6, 6.07) is 5.45. The highest BCUT2D eigenvalue weighted by Crippen LogP contribution is 2.28. The molecule has 1 aromatic rings. The molecule has 1 aromatic carbocycles. The third kappa shape index (κ3) is 5.51. The summed E-state index contributed by atoms with van der Waals surface area (Å²) in [6.07, 6.45) is -0.290. The molecule has 0 saturated heterocycles. The Morgan fingerprint density at radius 3 is 2.76 bits per heavy atom. The van der Waals surface area contributed by atoms with Crippen molar-refractivity contribution in [2.75, 3.05) is 12.4 Å². The van der Waals surface area contributed by atoms with Gasteiger partial charge in [-0.25, -0.2) is 0 Å². The van der Waals surface area contributed by atoms with E-state index in [0.717, 1.165) is 16.0 Å². The molecule has 1 rings (SSSR count). The van der Waals surface area contributed by atoms with Crippen molar-refractivity contribution >= 4 is 39.3 Å². The zero-order valence-electron chi connectivity index (χ0n) is 9.82. The van der Waals surface area contributed by atoms with Gasteiger partial charge in [0.25, 0.3) is 0 Å². The van der Waals surface area contributed by atoms with Crippen molar-refractivity contribution in [2.24, 2.45) is 0 Å². The number of thioether (sulfide) groups is 1. The molecule has 0 saturated carbocycles. The fourth-order valence-electron chi connectivity index (χ4n) is 1.12. The van der Waals surface area contributed by atoms with E-state index in [4.69, 9.17) is 16.3 Å². The lowest BCUT2D eigenvalue weighted by Crippen LogP contribution is -2.17. The van der Waals surface area contributed by atoms with Gasteiger partial charge in [-0.05, 0) is 41.1 Å². The average Bonchev–Trinajstić information content (AvgIpc) is 2.26. The van der Waals surface area contributed by atoms with Crippen molar-refractivity contribution in [3.8, 4) is 5.75 Å². The number of hydrogen-bond donors (Lipinski definition) is 1. The van der Waals surface area contributed by atoms with Gasteiger partial charge in [-0.3, -0.25) is 0 Å². The van der Waals surface area contributed by atoms with Crippen molar-refractivity contribution in [2.45, 2.75) is 25.2 Å². The molecule has 0 bridgehead atoms. The zero-order chi connectivity index (χ0) is 12.8. The van der Waals surface area contributed by atoms with Crippen molar-refractivity contribution < 1.29 is 9.84 Å². The fourth-order valence-corrected chi connectivity index (χ4v) is 2.74. The van der Waals surface area contributed by atoms with Crippen LogP contribution in [0.5, 0.6) is 5.75 Å². The summed E-state index contributed by atoms with van der Waals surface area (Å²) in [7, 11) is 0. The average molecular weight is 340 g/mol. The highest BCUT2D eigenvalue weighted by molar-refractivity contribution is 9.10. The molecule has 2 nitrogen and oxygen atoms in total. The molecular weight excluding hydrogens is 324 g/mol. The second-order valence-electron chi connectivity index (χ2n) is 3.74. The summed E-state index contributed by atoms with van der Waals surface area (Å²) in [6.45, 7) is 4.42. The van der Waals surface area contributed by atoms with Gasteiger partial charge in [-0.2, -0.15) is 11.8 Å². The van der Waals surface area contributed by atoms with E-state index in [-0.39, 0.29) is 11.4 Å². The van der Waals surface area contributed by atoms with E-state index in [1.165, 1.54) is 0 Å². The number of rotatable bonds is 6.